The summed E-state index contributed by atoms with van der Waals surface area (Å²) in [5.74, 6) is -0.0973. The summed E-state index contributed by atoms with van der Waals surface area (Å²) in [5, 5.41) is 2.80. The van der Waals surface area contributed by atoms with Gasteiger partial charge in [0.05, 0.1) is 35.7 Å². The number of aromatic amines is 1. The molecule has 3 heterocycles. The predicted octanol–water partition coefficient (Wildman–Crippen LogP) is 4.74. The van der Waals surface area contributed by atoms with Gasteiger partial charge in [-0.1, -0.05) is 12.5 Å². The van der Waals surface area contributed by atoms with Crippen LogP contribution in [0, 0.1) is 11.2 Å². The Bertz CT molecular complexity index is 1260. The van der Waals surface area contributed by atoms with Crippen LogP contribution in [-0.4, -0.2) is 51.7 Å². The number of hydrogen-bond acceptors (Lipinski definition) is 7. The Morgan fingerprint density at radius 2 is 1.92 bits per heavy atom. The number of H-pyrrole nitrogens is 1. The van der Waals surface area contributed by atoms with Crippen molar-refractivity contribution >= 4 is 5.91 Å². The van der Waals surface area contributed by atoms with E-state index in [2.05, 4.69) is 26.8 Å². The predicted molar refractivity (Wildman–Crippen MR) is 138 cm³/mol. The minimum absolute atomic E-state index is 0.106. The van der Waals surface area contributed by atoms with E-state index in [9.17, 15) is 9.18 Å². The molecule has 0 bridgehead atoms. The minimum Gasteiger partial charge on any atom is -0.460 e. The Morgan fingerprint density at radius 3 is 2.63 bits per heavy atom. The third-order valence-electron chi connectivity index (χ3n) is 6.84. The van der Waals surface area contributed by atoms with Crippen molar-refractivity contribution in [1.82, 2.24) is 25.3 Å². The molecule has 0 unspecified atom stereocenters. The van der Waals surface area contributed by atoms with E-state index in [0.29, 0.717) is 41.0 Å². The molecule has 1 saturated heterocycles. The standard InChI is InChI=1S/C28H32FN5O4/c1-3-14-30-26(35)28(2)16-36-25(37-17-28)24-33-22(18-9-11-19(29)12-10-18)23(34-24)21-13-15-31-27(32-21)38-20-7-5-4-6-8-20/h3,9-13,15,20,25H,1,4-8,14,16-17H2,2H3,(H,30,35)(H,33,34). The van der Waals surface area contributed by atoms with E-state index < -0.39 is 11.7 Å². The van der Waals surface area contributed by atoms with Crippen molar-refractivity contribution in [3.05, 3.63) is 60.8 Å². The number of halogens is 1. The van der Waals surface area contributed by atoms with Crippen molar-refractivity contribution in [2.45, 2.75) is 51.4 Å². The van der Waals surface area contributed by atoms with Gasteiger partial charge >= 0.3 is 6.01 Å². The van der Waals surface area contributed by atoms with E-state index in [0.717, 1.165) is 25.7 Å². The van der Waals surface area contributed by atoms with Crippen LogP contribution in [0.25, 0.3) is 22.6 Å². The van der Waals surface area contributed by atoms with Crippen molar-refractivity contribution in [2.24, 2.45) is 5.41 Å². The largest absolute Gasteiger partial charge is 0.460 e. The number of rotatable bonds is 8. The summed E-state index contributed by atoms with van der Waals surface area (Å²) in [6.07, 6.45) is 8.04. The Balaban J connectivity index is 1.41. The quantitative estimate of drug-likeness (QED) is 0.412. The molecule has 200 valence electrons. The third-order valence-corrected chi connectivity index (χ3v) is 6.84. The van der Waals surface area contributed by atoms with Crippen LogP contribution in [0.15, 0.2) is 49.2 Å². The molecule has 2 aromatic heterocycles. The molecule has 5 rings (SSSR count). The molecule has 2 fully saturated rings. The summed E-state index contributed by atoms with van der Waals surface area (Å²) in [4.78, 5) is 29.6. The van der Waals surface area contributed by atoms with Crippen molar-refractivity contribution in [1.29, 1.82) is 0 Å². The zero-order chi connectivity index (χ0) is 26.5. The van der Waals surface area contributed by atoms with Crippen molar-refractivity contribution < 1.29 is 23.4 Å². The molecule has 0 radical (unpaired) electrons. The number of nitrogens with one attached hydrogen (secondary N) is 2. The fourth-order valence-corrected chi connectivity index (χ4v) is 4.65. The maximum atomic E-state index is 13.7. The van der Waals surface area contributed by atoms with Gasteiger partial charge in [-0.05, 0) is 62.9 Å². The number of ether oxygens (including phenoxy) is 3. The van der Waals surface area contributed by atoms with Crippen LogP contribution >= 0.6 is 0 Å². The second-order valence-corrected chi connectivity index (χ2v) is 9.97. The fraction of sp³-hybridized carbons (Fsp3) is 0.429. The lowest BCUT2D eigenvalue weighted by molar-refractivity contribution is -0.230. The molecule has 3 aromatic rings. The molecule has 1 aliphatic carbocycles. The summed E-state index contributed by atoms with van der Waals surface area (Å²) in [5.41, 5.74) is 1.60. The zero-order valence-electron chi connectivity index (χ0n) is 21.4. The van der Waals surface area contributed by atoms with Gasteiger partial charge in [-0.25, -0.2) is 14.4 Å². The molecule has 38 heavy (non-hydrogen) atoms. The first-order valence-corrected chi connectivity index (χ1v) is 12.9. The summed E-state index contributed by atoms with van der Waals surface area (Å²) in [7, 11) is 0. The second kappa shape index (κ2) is 11.4. The lowest BCUT2D eigenvalue weighted by Gasteiger charge is -2.35. The smallest absolute Gasteiger partial charge is 0.317 e. The van der Waals surface area contributed by atoms with Gasteiger partial charge in [0.25, 0.3) is 0 Å². The molecular weight excluding hydrogens is 489 g/mol. The number of nitrogens with zero attached hydrogens (tertiary/aromatic N) is 3. The molecular formula is C28H32FN5O4. The van der Waals surface area contributed by atoms with Crippen LogP contribution in [0.5, 0.6) is 6.01 Å². The lowest BCUT2D eigenvalue weighted by atomic mass is 9.91. The highest BCUT2D eigenvalue weighted by Gasteiger charge is 2.40. The fourth-order valence-electron chi connectivity index (χ4n) is 4.65. The summed E-state index contributed by atoms with van der Waals surface area (Å²) < 4.78 is 31.6. The molecule has 1 amide bonds. The van der Waals surface area contributed by atoms with Gasteiger partial charge in [0.1, 0.15) is 11.9 Å². The summed E-state index contributed by atoms with van der Waals surface area (Å²) >= 11 is 0. The second-order valence-electron chi connectivity index (χ2n) is 9.97. The number of imidazole rings is 1. The highest BCUT2D eigenvalue weighted by atomic mass is 19.1. The number of hydrogen-bond donors (Lipinski definition) is 2. The van der Waals surface area contributed by atoms with Crippen molar-refractivity contribution in [3.63, 3.8) is 0 Å². The molecule has 1 saturated carbocycles. The SMILES string of the molecule is C=CCNC(=O)C1(C)COC(c2nc(-c3ccc(F)cc3)c(-c3ccnc(OC4CCCCC4)n3)[nH]2)OC1. The molecule has 1 aliphatic heterocycles. The highest BCUT2D eigenvalue weighted by Crippen LogP contribution is 2.36. The van der Waals surface area contributed by atoms with Gasteiger partial charge in [0, 0.05) is 18.3 Å². The van der Waals surface area contributed by atoms with E-state index >= 15 is 0 Å². The Hall–Kier alpha value is -3.63. The molecule has 0 spiro atoms. The lowest BCUT2D eigenvalue weighted by Crippen LogP contribution is -2.48. The van der Waals surface area contributed by atoms with Crippen LogP contribution in [0.4, 0.5) is 4.39 Å². The van der Waals surface area contributed by atoms with Gasteiger partial charge in [0.15, 0.2) is 5.82 Å². The number of carbonyl (C=O) groups is 1. The maximum Gasteiger partial charge on any atom is 0.317 e. The number of amides is 1. The third kappa shape index (κ3) is 5.76. The van der Waals surface area contributed by atoms with Crippen LogP contribution in [-0.2, 0) is 14.3 Å². The first kappa shape index (κ1) is 26.0. The first-order valence-electron chi connectivity index (χ1n) is 12.9. The zero-order valence-corrected chi connectivity index (χ0v) is 21.4. The van der Waals surface area contributed by atoms with E-state index in [1.54, 1.807) is 37.4 Å². The van der Waals surface area contributed by atoms with Crippen molar-refractivity contribution in [2.75, 3.05) is 19.8 Å². The summed E-state index contributed by atoms with van der Waals surface area (Å²) in [6.45, 7) is 6.07. The molecule has 2 N–H and O–H groups in total. The van der Waals surface area contributed by atoms with Crippen LogP contribution in [0.2, 0.25) is 0 Å². The molecule has 2 aliphatic rings. The highest BCUT2D eigenvalue weighted by molar-refractivity contribution is 5.82. The topological polar surface area (TPSA) is 111 Å². The van der Waals surface area contributed by atoms with Gasteiger partial charge in [-0.2, -0.15) is 4.98 Å². The number of benzene rings is 1. The Labute approximate surface area is 220 Å². The Morgan fingerprint density at radius 1 is 1.18 bits per heavy atom. The van der Waals surface area contributed by atoms with Gasteiger partial charge in [-0.15, -0.1) is 6.58 Å². The minimum atomic E-state index is -0.841. The van der Waals surface area contributed by atoms with Crippen molar-refractivity contribution in [3.8, 4) is 28.7 Å². The van der Waals surface area contributed by atoms with Crippen LogP contribution in [0.3, 0.4) is 0 Å². The molecule has 9 nitrogen and oxygen atoms in total. The van der Waals surface area contributed by atoms with Crippen LogP contribution < -0.4 is 10.1 Å². The average Bonchev–Trinajstić information content (AvgIpc) is 3.39. The molecule has 0 atom stereocenters. The molecule has 10 heteroatoms. The van der Waals surface area contributed by atoms with E-state index in [1.807, 2.05) is 0 Å². The van der Waals surface area contributed by atoms with Gasteiger partial charge in [0.2, 0.25) is 12.2 Å². The van der Waals surface area contributed by atoms with E-state index in [1.165, 1.54) is 18.6 Å². The summed E-state index contributed by atoms with van der Waals surface area (Å²) in [6, 6.07) is 8.15. The number of carbonyl (C=O) groups excluding carboxylic acids is 1. The maximum absolute atomic E-state index is 13.7. The van der Waals surface area contributed by atoms with Crippen LogP contribution in [0.1, 0.15) is 51.1 Å². The number of aromatic nitrogens is 4. The van der Waals surface area contributed by atoms with E-state index in [4.69, 9.17) is 19.2 Å². The van der Waals surface area contributed by atoms with E-state index in [-0.39, 0.29) is 31.0 Å². The molecule has 1 aromatic carbocycles. The van der Waals surface area contributed by atoms with Gasteiger partial charge < -0.3 is 24.5 Å². The average molecular weight is 522 g/mol. The first-order chi connectivity index (χ1) is 18.4. The van der Waals surface area contributed by atoms with Gasteiger partial charge in [-0.3, -0.25) is 4.79 Å². The Kier molecular flexibility index (Phi) is 7.80. The normalized spacial score (nSPS) is 22.1. The monoisotopic (exact) mass is 521 g/mol.